The molecule has 0 bridgehead atoms. The van der Waals surface area contributed by atoms with E-state index in [9.17, 15) is 0 Å². The molecule has 0 radical (unpaired) electrons. The third kappa shape index (κ3) is 5.17. The molecule has 0 aliphatic rings. The average molecular weight is 298 g/mol. The molecule has 0 amide bonds. The van der Waals surface area contributed by atoms with Crippen LogP contribution in [0.15, 0.2) is 54.6 Å². The van der Waals surface area contributed by atoms with Crippen LogP contribution in [0.3, 0.4) is 0 Å². The van der Waals surface area contributed by atoms with Gasteiger partial charge in [0.15, 0.2) is 0 Å². The predicted octanol–water partition coefficient (Wildman–Crippen LogP) is 3.53. The van der Waals surface area contributed by atoms with E-state index >= 15 is 0 Å². The zero-order valence-corrected chi connectivity index (χ0v) is 13.5. The van der Waals surface area contributed by atoms with Crippen molar-refractivity contribution in [2.45, 2.75) is 25.9 Å². The predicted molar refractivity (Wildman–Crippen MR) is 92.2 cm³/mol. The highest BCUT2D eigenvalue weighted by atomic mass is 16.5. The highest BCUT2D eigenvalue weighted by Crippen LogP contribution is 2.15. The first kappa shape index (κ1) is 16.5. The lowest BCUT2D eigenvalue weighted by Crippen LogP contribution is -2.29. The summed E-state index contributed by atoms with van der Waals surface area (Å²) >= 11 is 0. The average Bonchev–Trinajstić information content (AvgIpc) is 2.59. The van der Waals surface area contributed by atoms with Gasteiger partial charge in [-0.25, -0.2) is 0 Å². The van der Waals surface area contributed by atoms with Gasteiger partial charge in [-0.15, -0.1) is 0 Å². The largest absolute Gasteiger partial charge is 0.497 e. The summed E-state index contributed by atoms with van der Waals surface area (Å²) in [6.45, 7) is 5.02. The molecule has 2 N–H and O–H groups in total. The van der Waals surface area contributed by atoms with E-state index in [0.717, 1.165) is 31.8 Å². The fraction of sp³-hybridized carbons (Fsp3) is 0.368. The Kier molecular flexibility index (Phi) is 6.94. The first-order valence-electron chi connectivity index (χ1n) is 7.95. The topological polar surface area (TPSA) is 33.3 Å². The molecule has 0 aromatic heterocycles. The van der Waals surface area contributed by atoms with E-state index in [1.54, 1.807) is 7.11 Å². The summed E-state index contributed by atoms with van der Waals surface area (Å²) in [5.74, 6) is 0.902. The van der Waals surface area contributed by atoms with Gasteiger partial charge in [0.2, 0.25) is 0 Å². The Labute approximate surface area is 133 Å². The zero-order valence-electron chi connectivity index (χ0n) is 13.5. The van der Waals surface area contributed by atoms with Crippen molar-refractivity contribution in [1.29, 1.82) is 0 Å². The van der Waals surface area contributed by atoms with E-state index in [1.165, 1.54) is 11.1 Å². The van der Waals surface area contributed by atoms with Crippen molar-refractivity contribution < 1.29 is 4.74 Å². The van der Waals surface area contributed by atoms with Crippen LogP contribution >= 0.6 is 0 Å². The van der Waals surface area contributed by atoms with Gasteiger partial charge in [-0.05, 0) is 29.7 Å². The van der Waals surface area contributed by atoms with Crippen LogP contribution < -0.4 is 15.4 Å². The fourth-order valence-corrected chi connectivity index (χ4v) is 2.49. The van der Waals surface area contributed by atoms with Crippen molar-refractivity contribution in [3.05, 3.63) is 65.7 Å². The number of nitrogens with one attached hydrogen (secondary N) is 2. The molecule has 2 aromatic rings. The number of benzene rings is 2. The van der Waals surface area contributed by atoms with Crippen LogP contribution in [0.4, 0.5) is 0 Å². The molecule has 1 atom stereocenters. The Hall–Kier alpha value is -1.84. The van der Waals surface area contributed by atoms with Gasteiger partial charge in [0, 0.05) is 25.7 Å². The molecule has 0 fully saturated rings. The van der Waals surface area contributed by atoms with E-state index in [-0.39, 0.29) is 0 Å². The van der Waals surface area contributed by atoms with Crippen LogP contribution in [0.1, 0.15) is 30.5 Å². The summed E-state index contributed by atoms with van der Waals surface area (Å²) in [7, 11) is 1.69. The summed E-state index contributed by atoms with van der Waals surface area (Å²) in [6, 6.07) is 19.3. The molecule has 0 aliphatic heterocycles. The van der Waals surface area contributed by atoms with Gasteiger partial charge in [0.1, 0.15) is 5.75 Å². The molecule has 118 valence electrons. The number of rotatable bonds is 9. The summed E-state index contributed by atoms with van der Waals surface area (Å²) in [4.78, 5) is 0. The van der Waals surface area contributed by atoms with Gasteiger partial charge < -0.3 is 15.4 Å². The van der Waals surface area contributed by atoms with Crippen LogP contribution in [-0.4, -0.2) is 20.2 Å². The lowest BCUT2D eigenvalue weighted by molar-refractivity contribution is 0.414. The maximum Gasteiger partial charge on any atom is 0.118 e. The lowest BCUT2D eigenvalue weighted by Gasteiger charge is -2.17. The van der Waals surface area contributed by atoms with Gasteiger partial charge in [0.05, 0.1) is 7.11 Å². The van der Waals surface area contributed by atoms with E-state index in [2.05, 4.69) is 60.0 Å². The molecule has 22 heavy (non-hydrogen) atoms. The minimum Gasteiger partial charge on any atom is -0.497 e. The summed E-state index contributed by atoms with van der Waals surface area (Å²) in [5.41, 5.74) is 2.64. The summed E-state index contributed by atoms with van der Waals surface area (Å²) in [6.07, 6.45) is 1.10. The number of hydrogen-bond acceptors (Lipinski definition) is 3. The third-order valence-corrected chi connectivity index (χ3v) is 3.79. The maximum atomic E-state index is 5.16. The molecule has 2 rings (SSSR count). The van der Waals surface area contributed by atoms with E-state index in [4.69, 9.17) is 4.74 Å². The highest BCUT2D eigenvalue weighted by Gasteiger charge is 2.06. The van der Waals surface area contributed by atoms with Gasteiger partial charge in [0.25, 0.3) is 0 Å². The van der Waals surface area contributed by atoms with Crippen LogP contribution in [0.25, 0.3) is 0 Å². The normalized spacial score (nSPS) is 12.1. The highest BCUT2D eigenvalue weighted by molar-refractivity contribution is 5.27. The summed E-state index contributed by atoms with van der Waals surface area (Å²) in [5, 5.41) is 7.07. The Morgan fingerprint density at radius 3 is 2.32 bits per heavy atom. The first-order valence-corrected chi connectivity index (χ1v) is 7.95. The SMILES string of the molecule is CCC(NCCNCc1ccc(OC)cc1)c1ccccc1. The van der Waals surface area contributed by atoms with Gasteiger partial charge in [-0.1, -0.05) is 49.4 Å². The van der Waals surface area contributed by atoms with Crippen LogP contribution in [-0.2, 0) is 6.54 Å². The van der Waals surface area contributed by atoms with Gasteiger partial charge in [-0.3, -0.25) is 0 Å². The number of methoxy groups -OCH3 is 1. The zero-order chi connectivity index (χ0) is 15.6. The van der Waals surface area contributed by atoms with Gasteiger partial charge >= 0.3 is 0 Å². The second-order valence-electron chi connectivity index (χ2n) is 5.35. The molecule has 2 aromatic carbocycles. The molecule has 1 unspecified atom stereocenters. The molecule has 0 saturated carbocycles. The molecule has 0 saturated heterocycles. The monoisotopic (exact) mass is 298 g/mol. The Morgan fingerprint density at radius 2 is 1.68 bits per heavy atom. The van der Waals surface area contributed by atoms with Crippen LogP contribution in [0.2, 0.25) is 0 Å². The van der Waals surface area contributed by atoms with E-state index in [0.29, 0.717) is 6.04 Å². The summed E-state index contributed by atoms with van der Waals surface area (Å²) < 4.78 is 5.16. The van der Waals surface area contributed by atoms with Crippen molar-refractivity contribution in [1.82, 2.24) is 10.6 Å². The maximum absolute atomic E-state index is 5.16. The van der Waals surface area contributed by atoms with Crippen molar-refractivity contribution in [3.8, 4) is 5.75 Å². The number of hydrogen-bond donors (Lipinski definition) is 2. The Balaban J connectivity index is 1.67. The van der Waals surface area contributed by atoms with E-state index in [1.807, 2.05) is 12.1 Å². The van der Waals surface area contributed by atoms with Gasteiger partial charge in [-0.2, -0.15) is 0 Å². The smallest absolute Gasteiger partial charge is 0.118 e. The second kappa shape index (κ2) is 9.23. The van der Waals surface area contributed by atoms with Crippen molar-refractivity contribution in [3.63, 3.8) is 0 Å². The number of ether oxygens (including phenoxy) is 1. The lowest BCUT2D eigenvalue weighted by atomic mass is 10.0. The van der Waals surface area contributed by atoms with Crippen molar-refractivity contribution in [2.75, 3.05) is 20.2 Å². The quantitative estimate of drug-likeness (QED) is 0.695. The van der Waals surface area contributed by atoms with E-state index < -0.39 is 0 Å². The minimum absolute atomic E-state index is 0.434. The third-order valence-electron chi connectivity index (χ3n) is 3.79. The standard InChI is InChI=1S/C19H26N2O/c1-3-19(17-7-5-4-6-8-17)21-14-13-20-15-16-9-11-18(22-2)12-10-16/h4-12,19-21H,3,13-15H2,1-2H3. The van der Waals surface area contributed by atoms with Crippen LogP contribution in [0, 0.1) is 0 Å². The molecule has 0 heterocycles. The van der Waals surface area contributed by atoms with Crippen molar-refractivity contribution >= 4 is 0 Å². The Bertz CT molecular complexity index is 525. The molecule has 3 heteroatoms. The minimum atomic E-state index is 0.434. The molecule has 0 aliphatic carbocycles. The van der Waals surface area contributed by atoms with Crippen molar-refractivity contribution in [2.24, 2.45) is 0 Å². The first-order chi connectivity index (χ1) is 10.8. The Morgan fingerprint density at radius 1 is 0.955 bits per heavy atom. The molecule has 3 nitrogen and oxygen atoms in total. The fourth-order valence-electron chi connectivity index (χ4n) is 2.49. The molecule has 0 spiro atoms. The van der Waals surface area contributed by atoms with Crippen LogP contribution in [0.5, 0.6) is 5.75 Å². The molecular weight excluding hydrogens is 272 g/mol. The molecular formula is C19H26N2O. The second-order valence-corrected chi connectivity index (χ2v) is 5.35.